The summed E-state index contributed by atoms with van der Waals surface area (Å²) in [5.74, 6) is 0. The van der Waals surface area contributed by atoms with E-state index in [4.69, 9.17) is 0 Å². The molecule has 1 aromatic heterocycles. The van der Waals surface area contributed by atoms with Crippen molar-refractivity contribution in [2.45, 2.75) is 13.8 Å². The SMILES string of the molecule is Cc1ccnc([CH]=[Ti])c1C. The summed E-state index contributed by atoms with van der Waals surface area (Å²) in [5.41, 5.74) is 3.69. The first-order valence-electron chi connectivity index (χ1n) is 3.18. The summed E-state index contributed by atoms with van der Waals surface area (Å²) in [7, 11) is 0. The van der Waals surface area contributed by atoms with E-state index in [0.29, 0.717) is 0 Å². The van der Waals surface area contributed by atoms with Crippen LogP contribution in [0.2, 0.25) is 0 Å². The molecular weight excluding hydrogens is 158 g/mol. The summed E-state index contributed by atoms with van der Waals surface area (Å²) in [4.78, 5) is 4.20. The van der Waals surface area contributed by atoms with E-state index in [-0.39, 0.29) is 0 Å². The Hall–Kier alpha value is -0.266. The van der Waals surface area contributed by atoms with Crippen molar-refractivity contribution >= 4 is 4.31 Å². The molecule has 0 aliphatic heterocycles. The van der Waals surface area contributed by atoms with Crippen molar-refractivity contribution in [2.75, 3.05) is 0 Å². The summed E-state index contributed by atoms with van der Waals surface area (Å²) in [6.45, 7) is 4.20. The molecule has 0 aliphatic carbocycles. The summed E-state index contributed by atoms with van der Waals surface area (Å²) < 4.78 is 2.03. The van der Waals surface area contributed by atoms with Gasteiger partial charge in [0.2, 0.25) is 0 Å². The van der Waals surface area contributed by atoms with E-state index in [2.05, 4.69) is 18.8 Å². The molecule has 2 heteroatoms. The molecule has 0 spiro atoms. The minimum atomic E-state index is 1.10. The van der Waals surface area contributed by atoms with Gasteiger partial charge in [0.1, 0.15) is 0 Å². The zero-order chi connectivity index (χ0) is 7.56. The third-order valence-electron chi connectivity index (χ3n) is 1.65. The van der Waals surface area contributed by atoms with Crippen LogP contribution in [0.4, 0.5) is 0 Å². The summed E-state index contributed by atoms with van der Waals surface area (Å²) in [6, 6.07) is 2.03. The van der Waals surface area contributed by atoms with Crippen LogP contribution in [0.1, 0.15) is 16.8 Å². The van der Waals surface area contributed by atoms with Crippen LogP contribution in [0.25, 0.3) is 0 Å². The Morgan fingerprint density at radius 2 is 2.20 bits per heavy atom. The van der Waals surface area contributed by atoms with Gasteiger partial charge in [-0.2, -0.15) is 0 Å². The van der Waals surface area contributed by atoms with Crippen molar-refractivity contribution in [1.82, 2.24) is 4.98 Å². The minimum absolute atomic E-state index is 1.10. The van der Waals surface area contributed by atoms with Crippen molar-refractivity contribution in [1.29, 1.82) is 0 Å². The Kier molecular flexibility index (Phi) is 2.53. The number of hydrogen-bond acceptors (Lipinski definition) is 1. The van der Waals surface area contributed by atoms with Gasteiger partial charge in [-0.05, 0) is 0 Å². The van der Waals surface area contributed by atoms with E-state index >= 15 is 0 Å². The second kappa shape index (κ2) is 3.22. The quantitative estimate of drug-likeness (QED) is 0.576. The standard InChI is InChI=1S/C8H9N.Ti/c1-6-4-5-9-8(3)7(6)2;/h3-5H,1-2H3;. The molecule has 10 heavy (non-hydrogen) atoms. The molecule has 1 aromatic rings. The van der Waals surface area contributed by atoms with E-state index in [1.807, 2.05) is 36.5 Å². The van der Waals surface area contributed by atoms with Gasteiger partial charge in [-0.1, -0.05) is 0 Å². The average molecular weight is 167 g/mol. The topological polar surface area (TPSA) is 12.9 Å². The van der Waals surface area contributed by atoms with Gasteiger partial charge in [0.05, 0.1) is 0 Å². The van der Waals surface area contributed by atoms with E-state index in [9.17, 15) is 0 Å². The van der Waals surface area contributed by atoms with Crippen molar-refractivity contribution in [3.63, 3.8) is 0 Å². The van der Waals surface area contributed by atoms with Crippen LogP contribution in [0.3, 0.4) is 0 Å². The van der Waals surface area contributed by atoms with Gasteiger partial charge >= 0.3 is 72.2 Å². The van der Waals surface area contributed by atoms with Gasteiger partial charge in [-0.3, -0.25) is 0 Å². The molecule has 0 atom stereocenters. The van der Waals surface area contributed by atoms with Crippen LogP contribution in [0.15, 0.2) is 12.3 Å². The number of pyridine rings is 1. The van der Waals surface area contributed by atoms with Gasteiger partial charge < -0.3 is 0 Å². The predicted octanol–water partition coefficient (Wildman–Crippen LogP) is 1.40. The molecule has 0 unspecified atom stereocenters. The Morgan fingerprint density at radius 3 is 2.70 bits per heavy atom. The normalized spacial score (nSPS) is 9.30. The van der Waals surface area contributed by atoms with Crippen molar-refractivity contribution in [3.8, 4) is 0 Å². The molecule has 1 rings (SSSR count). The molecule has 0 fully saturated rings. The number of aryl methyl sites for hydroxylation is 1. The zero-order valence-electron chi connectivity index (χ0n) is 6.18. The maximum absolute atomic E-state index is 4.20. The van der Waals surface area contributed by atoms with Crippen LogP contribution < -0.4 is 0 Å². The predicted molar refractivity (Wildman–Crippen MR) is 38.9 cm³/mol. The molecular formula is C8H9NTi. The van der Waals surface area contributed by atoms with E-state index in [1.165, 1.54) is 11.1 Å². The molecule has 0 saturated heterocycles. The summed E-state index contributed by atoms with van der Waals surface area (Å²) in [6.07, 6.45) is 1.84. The molecule has 0 saturated carbocycles. The number of hydrogen-bond donors (Lipinski definition) is 0. The maximum atomic E-state index is 4.20. The first-order valence-corrected chi connectivity index (χ1v) is 4.08. The third kappa shape index (κ3) is 1.42. The van der Waals surface area contributed by atoms with Crippen LogP contribution in [-0.2, 0) is 20.0 Å². The fourth-order valence-corrected chi connectivity index (χ4v) is 1.25. The van der Waals surface area contributed by atoms with Gasteiger partial charge in [0.15, 0.2) is 0 Å². The van der Waals surface area contributed by atoms with Gasteiger partial charge in [-0.15, -0.1) is 0 Å². The number of rotatable bonds is 1. The molecule has 0 bridgehead atoms. The summed E-state index contributed by atoms with van der Waals surface area (Å²) in [5, 5.41) is 0. The van der Waals surface area contributed by atoms with E-state index in [1.54, 1.807) is 0 Å². The van der Waals surface area contributed by atoms with Crippen LogP contribution in [0.5, 0.6) is 0 Å². The zero-order valence-corrected chi connectivity index (χ0v) is 7.74. The Bertz CT molecular complexity index is 255. The Labute approximate surface area is 72.4 Å². The second-order valence-electron chi connectivity index (χ2n) is 2.28. The van der Waals surface area contributed by atoms with Crippen molar-refractivity contribution in [3.05, 3.63) is 29.1 Å². The average Bonchev–Trinajstić information content (AvgIpc) is 1.95. The molecule has 0 N–H and O–H groups in total. The molecule has 1 nitrogen and oxygen atoms in total. The molecule has 0 aliphatic rings. The van der Waals surface area contributed by atoms with E-state index < -0.39 is 0 Å². The molecule has 0 radical (unpaired) electrons. The van der Waals surface area contributed by atoms with Gasteiger partial charge in [-0.25, -0.2) is 0 Å². The van der Waals surface area contributed by atoms with Crippen LogP contribution >= 0.6 is 0 Å². The monoisotopic (exact) mass is 167 g/mol. The number of aromatic nitrogens is 1. The first-order chi connectivity index (χ1) is 4.75. The molecule has 1 heterocycles. The van der Waals surface area contributed by atoms with Gasteiger partial charge in [0.25, 0.3) is 0 Å². The Morgan fingerprint density at radius 1 is 1.50 bits per heavy atom. The second-order valence-corrected chi connectivity index (χ2v) is 2.73. The van der Waals surface area contributed by atoms with Crippen LogP contribution in [0, 0.1) is 13.8 Å². The molecule has 0 amide bonds. The van der Waals surface area contributed by atoms with E-state index in [0.717, 1.165) is 5.69 Å². The third-order valence-corrected chi connectivity index (χ3v) is 2.08. The van der Waals surface area contributed by atoms with Crippen molar-refractivity contribution < 1.29 is 20.0 Å². The molecule has 50 valence electrons. The van der Waals surface area contributed by atoms with Crippen molar-refractivity contribution in [2.24, 2.45) is 0 Å². The number of nitrogens with zero attached hydrogens (tertiary/aromatic N) is 1. The molecule has 0 aromatic carbocycles. The fourth-order valence-electron chi connectivity index (χ4n) is 0.799. The van der Waals surface area contributed by atoms with Crippen LogP contribution in [-0.4, -0.2) is 9.30 Å². The summed E-state index contributed by atoms with van der Waals surface area (Å²) >= 11 is 2.01. The van der Waals surface area contributed by atoms with Gasteiger partial charge in [0, 0.05) is 0 Å². The fraction of sp³-hybridized carbons (Fsp3) is 0.250. The first kappa shape index (κ1) is 7.84. The Balaban J connectivity index is 3.27.